The number of aliphatic imine (C=N–C) groups is 1. The van der Waals surface area contributed by atoms with Gasteiger partial charge < -0.3 is 5.11 Å². The van der Waals surface area contributed by atoms with Crippen molar-refractivity contribution in [2.45, 2.75) is 13.5 Å². The van der Waals surface area contributed by atoms with Gasteiger partial charge in [-0.2, -0.15) is 4.99 Å². The first-order valence-electron chi connectivity index (χ1n) is 8.12. The number of hydrogen-bond donors (Lipinski definition) is 2. The summed E-state index contributed by atoms with van der Waals surface area (Å²) in [6, 6.07) is 18.3. The fourth-order valence-electron chi connectivity index (χ4n) is 3.22. The van der Waals surface area contributed by atoms with Crippen LogP contribution in [0.4, 0.5) is 5.69 Å². The molecule has 0 bridgehead atoms. The molecule has 4 rings (SSSR count). The van der Waals surface area contributed by atoms with Gasteiger partial charge in [0.1, 0.15) is 11.4 Å². The fourth-order valence-corrected chi connectivity index (χ4v) is 3.22. The second kappa shape index (κ2) is 6.07. The fraction of sp³-hybridized carbons (Fsp3) is 0.150. The van der Waals surface area contributed by atoms with Gasteiger partial charge in [-0.05, 0) is 17.7 Å². The first-order valence-corrected chi connectivity index (χ1v) is 8.12. The van der Waals surface area contributed by atoms with Crippen LogP contribution in [0.25, 0.3) is 5.70 Å². The molecule has 2 N–H and O–H groups in total. The Morgan fingerprint density at radius 2 is 1.96 bits per heavy atom. The first kappa shape index (κ1) is 14.9. The average molecular weight is 318 g/mol. The van der Waals surface area contributed by atoms with Crippen molar-refractivity contribution in [1.82, 2.24) is 0 Å². The van der Waals surface area contributed by atoms with Crippen molar-refractivity contribution in [3.63, 3.8) is 0 Å². The number of aliphatic hydroxyl groups excluding tert-OH is 1. The van der Waals surface area contributed by atoms with Gasteiger partial charge in [-0.25, -0.2) is 4.90 Å². The zero-order valence-electron chi connectivity index (χ0n) is 13.6. The van der Waals surface area contributed by atoms with Crippen molar-refractivity contribution in [1.29, 1.82) is 0 Å². The van der Waals surface area contributed by atoms with Crippen LogP contribution >= 0.6 is 0 Å². The van der Waals surface area contributed by atoms with Crippen molar-refractivity contribution in [2.75, 3.05) is 11.6 Å². The Bertz CT molecular complexity index is 852. The molecule has 2 aliphatic rings. The molecule has 2 aromatic rings. The highest BCUT2D eigenvalue weighted by Gasteiger charge is 2.33. The molecule has 0 spiro atoms. The molecular formula is C20H20N3O+. The van der Waals surface area contributed by atoms with Gasteiger partial charge in [-0.15, -0.1) is 0 Å². The number of quaternary nitrogens is 1. The highest BCUT2D eigenvalue weighted by molar-refractivity contribution is 5.95. The zero-order chi connectivity index (χ0) is 16.5. The van der Waals surface area contributed by atoms with Crippen LogP contribution in [0, 0.1) is 0 Å². The van der Waals surface area contributed by atoms with Gasteiger partial charge in [0.15, 0.2) is 6.67 Å². The number of rotatable bonds is 3. The van der Waals surface area contributed by atoms with Gasteiger partial charge >= 0.3 is 0 Å². The van der Waals surface area contributed by atoms with Crippen LogP contribution in [0.2, 0.25) is 0 Å². The molecule has 1 unspecified atom stereocenters. The normalized spacial score (nSPS) is 19.5. The highest BCUT2D eigenvalue weighted by atomic mass is 16.3. The van der Waals surface area contributed by atoms with Crippen molar-refractivity contribution in [2.24, 2.45) is 4.99 Å². The predicted octanol–water partition coefficient (Wildman–Crippen LogP) is 2.16. The number of aliphatic hydroxyl groups is 1. The quantitative estimate of drug-likeness (QED) is 0.910. The van der Waals surface area contributed by atoms with E-state index in [0.717, 1.165) is 35.0 Å². The van der Waals surface area contributed by atoms with Crippen LogP contribution in [0.3, 0.4) is 0 Å². The Balaban J connectivity index is 1.64. The van der Waals surface area contributed by atoms with Crippen molar-refractivity contribution in [3.05, 3.63) is 83.7 Å². The maximum atomic E-state index is 9.35. The summed E-state index contributed by atoms with van der Waals surface area (Å²) in [6.07, 6.45) is 4.14. The molecule has 0 radical (unpaired) electrons. The summed E-state index contributed by atoms with van der Waals surface area (Å²) in [7, 11) is 0. The third-order valence-electron chi connectivity index (χ3n) is 4.56. The first-order chi connectivity index (χ1) is 11.8. The van der Waals surface area contributed by atoms with Gasteiger partial charge in [0.2, 0.25) is 5.84 Å². The van der Waals surface area contributed by atoms with E-state index in [4.69, 9.17) is 4.99 Å². The van der Waals surface area contributed by atoms with E-state index in [1.54, 1.807) is 0 Å². The number of anilines is 1. The number of allylic oxidation sites excluding steroid dienone is 1. The zero-order valence-corrected chi connectivity index (χ0v) is 13.6. The lowest BCUT2D eigenvalue weighted by molar-refractivity contribution is -0.757. The van der Waals surface area contributed by atoms with E-state index < -0.39 is 0 Å². The number of nitrogens with one attached hydrogen (secondary N) is 1. The van der Waals surface area contributed by atoms with Gasteiger partial charge in [0.05, 0.1) is 6.61 Å². The number of benzene rings is 2. The lowest BCUT2D eigenvalue weighted by Crippen LogP contribution is -3.13. The minimum Gasteiger partial charge on any atom is -0.392 e. The van der Waals surface area contributed by atoms with E-state index in [1.165, 1.54) is 10.6 Å². The lowest BCUT2D eigenvalue weighted by Gasteiger charge is -2.28. The molecule has 4 heteroatoms. The van der Waals surface area contributed by atoms with Crippen molar-refractivity contribution >= 4 is 17.2 Å². The Labute approximate surface area is 141 Å². The summed E-state index contributed by atoms with van der Waals surface area (Å²) < 4.78 is 0. The van der Waals surface area contributed by atoms with Crippen LogP contribution < -0.4 is 9.80 Å². The van der Waals surface area contributed by atoms with E-state index in [9.17, 15) is 5.11 Å². The maximum absolute atomic E-state index is 9.35. The van der Waals surface area contributed by atoms with Crippen molar-refractivity contribution in [3.8, 4) is 0 Å². The molecule has 0 aromatic heterocycles. The molecule has 4 nitrogen and oxygen atoms in total. The molecule has 24 heavy (non-hydrogen) atoms. The monoisotopic (exact) mass is 318 g/mol. The lowest BCUT2D eigenvalue weighted by atomic mass is 10.1. The van der Waals surface area contributed by atoms with Crippen LogP contribution in [0.1, 0.15) is 18.1 Å². The van der Waals surface area contributed by atoms with E-state index >= 15 is 0 Å². The summed E-state index contributed by atoms with van der Waals surface area (Å²) in [6.45, 7) is 3.01. The molecule has 0 fully saturated rings. The minimum absolute atomic E-state index is 0.0613. The van der Waals surface area contributed by atoms with E-state index in [2.05, 4.69) is 42.3 Å². The minimum atomic E-state index is 0.0613. The second-order valence-electron chi connectivity index (χ2n) is 6.09. The molecule has 2 aromatic carbocycles. The summed E-state index contributed by atoms with van der Waals surface area (Å²) in [5.41, 5.74) is 5.48. The smallest absolute Gasteiger partial charge is 0.234 e. The van der Waals surface area contributed by atoms with Gasteiger partial charge in [0, 0.05) is 30.5 Å². The van der Waals surface area contributed by atoms with Crippen LogP contribution in [-0.4, -0.2) is 17.6 Å². The van der Waals surface area contributed by atoms with Gasteiger partial charge in [-0.3, -0.25) is 4.90 Å². The molecule has 0 saturated heterocycles. The molecule has 2 heterocycles. The SMILES string of the molecule is CC1=C(c2ccccc2)N=C2C=CN(c3cccc(CO)c3)C[NH+]21. The number of fused-ring (bicyclic) bond motifs is 1. The summed E-state index contributed by atoms with van der Waals surface area (Å²) in [5.74, 6) is 1.06. The molecule has 2 aliphatic heterocycles. The Kier molecular flexibility index (Phi) is 3.76. The number of hydrogen-bond acceptors (Lipinski definition) is 3. The third-order valence-corrected chi connectivity index (χ3v) is 4.56. The third kappa shape index (κ3) is 2.56. The summed E-state index contributed by atoms with van der Waals surface area (Å²) in [5, 5.41) is 9.35. The average Bonchev–Trinajstić information content (AvgIpc) is 2.99. The molecule has 0 aliphatic carbocycles. The molecular weight excluding hydrogens is 298 g/mol. The number of nitrogens with zero attached hydrogens (tertiary/aromatic N) is 2. The van der Waals surface area contributed by atoms with E-state index in [1.807, 2.05) is 36.4 Å². The Morgan fingerprint density at radius 1 is 1.12 bits per heavy atom. The predicted molar refractivity (Wildman–Crippen MR) is 96.3 cm³/mol. The summed E-state index contributed by atoms with van der Waals surface area (Å²) in [4.78, 5) is 8.30. The molecule has 0 amide bonds. The van der Waals surface area contributed by atoms with Crippen LogP contribution in [0.5, 0.6) is 0 Å². The largest absolute Gasteiger partial charge is 0.392 e. The molecule has 1 atom stereocenters. The van der Waals surface area contributed by atoms with Crippen molar-refractivity contribution < 1.29 is 10.0 Å². The van der Waals surface area contributed by atoms with Gasteiger partial charge in [-0.1, -0.05) is 42.5 Å². The molecule has 0 saturated carbocycles. The number of amidine groups is 1. The maximum Gasteiger partial charge on any atom is 0.234 e. The topological polar surface area (TPSA) is 40.3 Å². The molecule has 120 valence electrons. The van der Waals surface area contributed by atoms with E-state index in [-0.39, 0.29) is 6.61 Å². The van der Waals surface area contributed by atoms with Crippen LogP contribution in [0.15, 0.2) is 77.6 Å². The van der Waals surface area contributed by atoms with Gasteiger partial charge in [0.25, 0.3) is 0 Å². The highest BCUT2D eigenvalue weighted by Crippen LogP contribution is 2.23. The standard InChI is InChI=1S/C20H19N3O/c1-15-20(17-7-3-2-4-8-17)21-19-10-11-22(14-23(15)19)18-9-5-6-16(12-18)13-24/h2-12,24H,13-14H2,1H3/p+1. The van der Waals surface area contributed by atoms with Crippen LogP contribution in [-0.2, 0) is 6.61 Å². The van der Waals surface area contributed by atoms with E-state index in [0.29, 0.717) is 0 Å². The Hall–Kier alpha value is -2.69. The summed E-state index contributed by atoms with van der Waals surface area (Å²) >= 11 is 0. The second-order valence-corrected chi connectivity index (χ2v) is 6.09. The Morgan fingerprint density at radius 3 is 2.75 bits per heavy atom.